The minimum absolute atomic E-state index is 0.0861. The van der Waals surface area contributed by atoms with Crippen LogP contribution in [0.3, 0.4) is 0 Å². The normalized spacial score (nSPS) is 12.3. The monoisotopic (exact) mass is 246 g/mol. The Kier molecular flexibility index (Phi) is 4.51. The summed E-state index contributed by atoms with van der Waals surface area (Å²) in [5.41, 5.74) is 5.21. The molecule has 1 aromatic rings. The molecule has 94 valence electrons. The van der Waals surface area contributed by atoms with E-state index in [0.29, 0.717) is 18.6 Å². The van der Waals surface area contributed by atoms with Crippen molar-refractivity contribution in [2.24, 2.45) is 5.73 Å². The average molecular weight is 246 g/mol. The molecule has 3 nitrogen and oxygen atoms in total. The fourth-order valence-electron chi connectivity index (χ4n) is 1.20. The first-order valence-electron chi connectivity index (χ1n) is 5.10. The maximum atomic E-state index is 12.8. The van der Waals surface area contributed by atoms with E-state index in [1.807, 2.05) is 0 Å². The molecule has 1 rings (SSSR count). The highest BCUT2D eigenvalue weighted by Crippen LogP contribution is 2.13. The lowest BCUT2D eigenvalue weighted by molar-refractivity contribution is 0.0951. The van der Waals surface area contributed by atoms with Gasteiger partial charge in [0.2, 0.25) is 0 Å². The van der Waals surface area contributed by atoms with Gasteiger partial charge in [0.05, 0.1) is 0 Å². The van der Waals surface area contributed by atoms with Gasteiger partial charge in [-0.25, -0.2) is 13.2 Å². The highest BCUT2D eigenvalue weighted by Gasteiger charge is 2.14. The lowest BCUT2D eigenvalue weighted by Gasteiger charge is -2.07. The zero-order chi connectivity index (χ0) is 13.0. The summed E-state index contributed by atoms with van der Waals surface area (Å²) in [5.74, 6) is -5.02. The van der Waals surface area contributed by atoms with Crippen molar-refractivity contribution in [3.05, 3.63) is 35.1 Å². The van der Waals surface area contributed by atoms with E-state index in [0.717, 1.165) is 0 Å². The van der Waals surface area contributed by atoms with E-state index < -0.39 is 23.4 Å². The van der Waals surface area contributed by atoms with Gasteiger partial charge < -0.3 is 11.1 Å². The topological polar surface area (TPSA) is 55.1 Å². The van der Waals surface area contributed by atoms with Crippen molar-refractivity contribution < 1.29 is 18.0 Å². The second-order valence-electron chi connectivity index (χ2n) is 3.78. The first kappa shape index (κ1) is 13.5. The average Bonchev–Trinajstić information content (AvgIpc) is 2.24. The zero-order valence-electron chi connectivity index (χ0n) is 9.27. The van der Waals surface area contributed by atoms with Gasteiger partial charge in [-0.1, -0.05) is 0 Å². The van der Waals surface area contributed by atoms with Crippen molar-refractivity contribution in [3.63, 3.8) is 0 Å². The second kappa shape index (κ2) is 5.67. The van der Waals surface area contributed by atoms with Crippen molar-refractivity contribution in [2.75, 3.05) is 6.54 Å². The van der Waals surface area contributed by atoms with Crippen LogP contribution in [0.5, 0.6) is 0 Å². The molecule has 1 amide bonds. The van der Waals surface area contributed by atoms with E-state index in [2.05, 4.69) is 5.32 Å². The quantitative estimate of drug-likeness (QED) is 0.792. The molecule has 1 aromatic carbocycles. The molecule has 0 aromatic heterocycles. The number of hydrogen-bond donors (Lipinski definition) is 2. The predicted octanol–water partition coefficient (Wildman–Crippen LogP) is 1.57. The largest absolute Gasteiger partial charge is 0.352 e. The molecule has 0 aliphatic rings. The standard InChI is InChI=1S/C11H13F3N2O/c1-6(15)2-3-16-11(17)7-4-8(12)10(14)9(13)5-7/h4-6H,2-3,15H2,1H3,(H,16,17). The summed E-state index contributed by atoms with van der Waals surface area (Å²) in [6.07, 6.45) is 0.540. The lowest BCUT2D eigenvalue weighted by atomic mass is 10.2. The summed E-state index contributed by atoms with van der Waals surface area (Å²) in [6, 6.07) is 1.22. The number of nitrogens with one attached hydrogen (secondary N) is 1. The molecular formula is C11H13F3N2O. The molecule has 0 bridgehead atoms. The smallest absolute Gasteiger partial charge is 0.251 e. The summed E-state index contributed by atoms with van der Waals surface area (Å²) in [6.45, 7) is 2.06. The zero-order valence-corrected chi connectivity index (χ0v) is 9.27. The Bertz CT molecular complexity index is 398. The number of nitrogens with two attached hydrogens (primary N) is 1. The number of hydrogen-bond acceptors (Lipinski definition) is 2. The third-order valence-electron chi connectivity index (χ3n) is 2.13. The number of halogens is 3. The van der Waals surface area contributed by atoms with E-state index >= 15 is 0 Å². The maximum absolute atomic E-state index is 12.8. The van der Waals surface area contributed by atoms with Gasteiger partial charge in [-0.15, -0.1) is 0 Å². The first-order valence-corrected chi connectivity index (χ1v) is 5.10. The summed E-state index contributed by atoms with van der Waals surface area (Å²) >= 11 is 0. The molecule has 0 radical (unpaired) electrons. The Hall–Kier alpha value is -1.56. The van der Waals surface area contributed by atoms with Crippen molar-refractivity contribution in [1.29, 1.82) is 0 Å². The third kappa shape index (κ3) is 3.74. The van der Waals surface area contributed by atoms with Crippen molar-refractivity contribution in [3.8, 4) is 0 Å². The SMILES string of the molecule is CC(N)CCNC(=O)c1cc(F)c(F)c(F)c1. The molecule has 1 atom stereocenters. The third-order valence-corrected chi connectivity index (χ3v) is 2.13. The number of rotatable bonds is 4. The van der Waals surface area contributed by atoms with Gasteiger partial charge >= 0.3 is 0 Å². The van der Waals surface area contributed by atoms with E-state index in [4.69, 9.17) is 5.73 Å². The predicted molar refractivity (Wildman–Crippen MR) is 56.9 cm³/mol. The molecule has 0 saturated carbocycles. The number of amides is 1. The van der Waals surface area contributed by atoms with Crippen LogP contribution in [0.15, 0.2) is 12.1 Å². The van der Waals surface area contributed by atoms with Gasteiger partial charge in [-0.3, -0.25) is 4.79 Å². The van der Waals surface area contributed by atoms with Crippen LogP contribution in [0.25, 0.3) is 0 Å². The van der Waals surface area contributed by atoms with Gasteiger partial charge in [0.15, 0.2) is 17.5 Å². The van der Waals surface area contributed by atoms with Crippen LogP contribution in [0, 0.1) is 17.5 Å². The van der Waals surface area contributed by atoms with Crippen molar-refractivity contribution >= 4 is 5.91 Å². The van der Waals surface area contributed by atoms with E-state index in [9.17, 15) is 18.0 Å². The van der Waals surface area contributed by atoms with Crippen LogP contribution in [-0.4, -0.2) is 18.5 Å². The Balaban J connectivity index is 2.70. The minimum atomic E-state index is -1.59. The Morgan fingerprint density at radius 2 is 1.88 bits per heavy atom. The van der Waals surface area contributed by atoms with E-state index in [-0.39, 0.29) is 18.2 Å². The van der Waals surface area contributed by atoms with Gasteiger partial charge in [-0.2, -0.15) is 0 Å². The van der Waals surface area contributed by atoms with Crippen LogP contribution >= 0.6 is 0 Å². The second-order valence-corrected chi connectivity index (χ2v) is 3.78. The summed E-state index contributed by atoms with van der Waals surface area (Å²) in [7, 11) is 0. The van der Waals surface area contributed by atoms with Crippen LogP contribution in [-0.2, 0) is 0 Å². The van der Waals surface area contributed by atoms with Gasteiger partial charge in [-0.05, 0) is 25.5 Å². The fourth-order valence-corrected chi connectivity index (χ4v) is 1.20. The number of carbonyl (C=O) groups is 1. The molecule has 17 heavy (non-hydrogen) atoms. The van der Waals surface area contributed by atoms with Gasteiger partial charge in [0, 0.05) is 18.2 Å². The molecule has 0 aliphatic heterocycles. The molecular weight excluding hydrogens is 233 g/mol. The van der Waals surface area contributed by atoms with E-state index in [1.165, 1.54) is 0 Å². The molecule has 0 saturated heterocycles. The molecule has 1 unspecified atom stereocenters. The lowest BCUT2D eigenvalue weighted by Crippen LogP contribution is -2.29. The summed E-state index contributed by atoms with van der Waals surface area (Å²) in [5, 5.41) is 2.43. The minimum Gasteiger partial charge on any atom is -0.352 e. The summed E-state index contributed by atoms with van der Waals surface area (Å²) in [4.78, 5) is 11.4. The number of benzene rings is 1. The maximum Gasteiger partial charge on any atom is 0.251 e. The highest BCUT2D eigenvalue weighted by atomic mass is 19.2. The Morgan fingerprint density at radius 3 is 2.35 bits per heavy atom. The van der Waals surface area contributed by atoms with Crippen LogP contribution in [0.2, 0.25) is 0 Å². The van der Waals surface area contributed by atoms with Crippen LogP contribution < -0.4 is 11.1 Å². The van der Waals surface area contributed by atoms with Gasteiger partial charge in [0.25, 0.3) is 5.91 Å². The Morgan fingerprint density at radius 1 is 1.35 bits per heavy atom. The van der Waals surface area contributed by atoms with Gasteiger partial charge in [0.1, 0.15) is 0 Å². The molecule has 6 heteroatoms. The van der Waals surface area contributed by atoms with Crippen molar-refractivity contribution in [2.45, 2.75) is 19.4 Å². The summed E-state index contributed by atoms with van der Waals surface area (Å²) < 4.78 is 38.3. The molecule has 3 N–H and O–H groups in total. The molecule has 0 fully saturated rings. The van der Waals surface area contributed by atoms with Crippen LogP contribution in [0.1, 0.15) is 23.7 Å². The number of carbonyl (C=O) groups excluding carboxylic acids is 1. The molecule has 0 heterocycles. The van der Waals surface area contributed by atoms with Crippen LogP contribution in [0.4, 0.5) is 13.2 Å². The Labute approximate surface area is 96.8 Å². The first-order chi connectivity index (χ1) is 7.91. The molecule has 0 aliphatic carbocycles. The highest BCUT2D eigenvalue weighted by molar-refractivity contribution is 5.94. The molecule has 0 spiro atoms. The van der Waals surface area contributed by atoms with E-state index in [1.54, 1.807) is 6.92 Å². The van der Waals surface area contributed by atoms with Crippen molar-refractivity contribution in [1.82, 2.24) is 5.32 Å². The fraction of sp³-hybridized carbons (Fsp3) is 0.364.